The Balaban J connectivity index is 1.56. The van der Waals surface area contributed by atoms with Gasteiger partial charge in [0, 0.05) is 24.5 Å². The van der Waals surface area contributed by atoms with Gasteiger partial charge in [0.15, 0.2) is 0 Å². The Bertz CT molecular complexity index is 610. The van der Waals surface area contributed by atoms with E-state index in [9.17, 15) is 4.79 Å². The molecule has 0 saturated heterocycles. The summed E-state index contributed by atoms with van der Waals surface area (Å²) >= 11 is 0. The van der Waals surface area contributed by atoms with Crippen molar-refractivity contribution in [2.24, 2.45) is 0 Å². The fourth-order valence-electron chi connectivity index (χ4n) is 2.60. The zero-order chi connectivity index (χ0) is 13.8. The number of carbonyl (C=O) groups is 1. The Morgan fingerprint density at radius 2 is 1.90 bits per heavy atom. The SMILES string of the molecule is O=C(Cc1ccc2c(c1)CCC2)NCc1cncnc1. The molecule has 102 valence electrons. The number of carbonyl (C=O) groups excluding carboxylic acids is 1. The molecule has 4 heteroatoms. The van der Waals surface area contributed by atoms with E-state index in [0.29, 0.717) is 13.0 Å². The number of aryl methyl sites for hydroxylation is 2. The maximum absolute atomic E-state index is 11.9. The molecule has 1 heterocycles. The first-order valence-electron chi connectivity index (χ1n) is 6.92. The zero-order valence-electron chi connectivity index (χ0n) is 11.3. The van der Waals surface area contributed by atoms with E-state index in [1.165, 1.54) is 30.3 Å². The lowest BCUT2D eigenvalue weighted by atomic mass is 10.0. The lowest BCUT2D eigenvalue weighted by Crippen LogP contribution is -2.24. The van der Waals surface area contributed by atoms with Crippen molar-refractivity contribution in [3.63, 3.8) is 0 Å². The molecule has 1 aromatic heterocycles. The monoisotopic (exact) mass is 267 g/mol. The minimum Gasteiger partial charge on any atom is -0.352 e. The smallest absolute Gasteiger partial charge is 0.224 e. The quantitative estimate of drug-likeness (QED) is 0.919. The molecule has 0 aliphatic heterocycles. The molecule has 1 aromatic carbocycles. The maximum atomic E-state index is 11.9. The van der Waals surface area contributed by atoms with Crippen molar-refractivity contribution in [3.8, 4) is 0 Å². The van der Waals surface area contributed by atoms with Crippen LogP contribution in [0.5, 0.6) is 0 Å². The van der Waals surface area contributed by atoms with Gasteiger partial charge in [-0.1, -0.05) is 18.2 Å². The fourth-order valence-corrected chi connectivity index (χ4v) is 2.60. The average Bonchev–Trinajstić information content (AvgIpc) is 2.94. The molecule has 0 spiro atoms. The summed E-state index contributed by atoms with van der Waals surface area (Å²) in [4.78, 5) is 19.8. The Kier molecular flexibility index (Phi) is 3.72. The van der Waals surface area contributed by atoms with Crippen molar-refractivity contribution in [2.75, 3.05) is 0 Å². The molecule has 1 aliphatic carbocycles. The molecule has 3 rings (SSSR count). The molecule has 0 unspecified atom stereocenters. The van der Waals surface area contributed by atoms with Crippen molar-refractivity contribution >= 4 is 5.91 Å². The third-order valence-electron chi connectivity index (χ3n) is 3.63. The highest BCUT2D eigenvalue weighted by molar-refractivity contribution is 5.78. The second-order valence-corrected chi connectivity index (χ2v) is 5.16. The summed E-state index contributed by atoms with van der Waals surface area (Å²) in [5.74, 6) is 0.0341. The molecule has 0 radical (unpaired) electrons. The number of rotatable bonds is 4. The molecule has 4 nitrogen and oxygen atoms in total. The number of nitrogens with one attached hydrogen (secondary N) is 1. The number of hydrogen-bond donors (Lipinski definition) is 1. The standard InChI is InChI=1S/C16H17N3O/c20-16(19-10-13-8-17-11-18-9-13)7-12-4-5-14-2-1-3-15(14)6-12/h4-6,8-9,11H,1-3,7,10H2,(H,19,20). The fraction of sp³-hybridized carbons (Fsp3) is 0.312. The molecule has 0 saturated carbocycles. The van der Waals surface area contributed by atoms with Crippen LogP contribution in [0.1, 0.15) is 28.7 Å². The molecular formula is C16H17N3O. The van der Waals surface area contributed by atoms with E-state index in [-0.39, 0.29) is 5.91 Å². The Labute approximate surface area is 118 Å². The van der Waals surface area contributed by atoms with E-state index >= 15 is 0 Å². The number of hydrogen-bond acceptors (Lipinski definition) is 3. The van der Waals surface area contributed by atoms with Gasteiger partial charge >= 0.3 is 0 Å². The average molecular weight is 267 g/mol. The number of nitrogens with zero attached hydrogens (tertiary/aromatic N) is 2. The van der Waals surface area contributed by atoms with Crippen LogP contribution in [0.15, 0.2) is 36.9 Å². The minimum absolute atomic E-state index is 0.0341. The molecule has 0 fully saturated rings. The molecule has 1 amide bonds. The molecule has 1 aliphatic rings. The van der Waals surface area contributed by atoms with Crippen LogP contribution >= 0.6 is 0 Å². The van der Waals surface area contributed by atoms with Gasteiger partial charge in [0.1, 0.15) is 6.33 Å². The molecular weight excluding hydrogens is 250 g/mol. The van der Waals surface area contributed by atoms with E-state index < -0.39 is 0 Å². The molecule has 1 N–H and O–H groups in total. The zero-order valence-corrected chi connectivity index (χ0v) is 11.3. The lowest BCUT2D eigenvalue weighted by molar-refractivity contribution is -0.120. The van der Waals surface area contributed by atoms with Gasteiger partial charge in [-0.2, -0.15) is 0 Å². The van der Waals surface area contributed by atoms with Crippen LogP contribution in [0, 0.1) is 0 Å². The van der Waals surface area contributed by atoms with Crippen molar-refractivity contribution in [2.45, 2.75) is 32.2 Å². The molecule has 20 heavy (non-hydrogen) atoms. The lowest BCUT2D eigenvalue weighted by Gasteiger charge is -2.06. The predicted octanol–water partition coefficient (Wildman–Crippen LogP) is 1.82. The van der Waals surface area contributed by atoms with Gasteiger partial charge in [0.05, 0.1) is 6.42 Å². The van der Waals surface area contributed by atoms with E-state index in [1.54, 1.807) is 12.4 Å². The van der Waals surface area contributed by atoms with Crippen LogP contribution in [0.25, 0.3) is 0 Å². The highest BCUT2D eigenvalue weighted by atomic mass is 16.1. The Morgan fingerprint density at radius 1 is 1.10 bits per heavy atom. The summed E-state index contributed by atoms with van der Waals surface area (Å²) in [7, 11) is 0. The van der Waals surface area contributed by atoms with Crippen LogP contribution in [-0.4, -0.2) is 15.9 Å². The van der Waals surface area contributed by atoms with Crippen molar-refractivity contribution in [1.29, 1.82) is 0 Å². The number of aromatic nitrogens is 2. The summed E-state index contributed by atoms with van der Waals surface area (Å²) in [5.41, 5.74) is 4.85. The molecule has 0 atom stereocenters. The highest BCUT2D eigenvalue weighted by Gasteiger charge is 2.12. The normalized spacial score (nSPS) is 13.0. The number of fused-ring (bicyclic) bond motifs is 1. The van der Waals surface area contributed by atoms with Gasteiger partial charge in [-0.15, -0.1) is 0 Å². The molecule has 0 bridgehead atoms. The van der Waals surface area contributed by atoms with Crippen molar-refractivity contribution in [1.82, 2.24) is 15.3 Å². The topological polar surface area (TPSA) is 54.9 Å². The van der Waals surface area contributed by atoms with E-state index in [0.717, 1.165) is 17.5 Å². The van der Waals surface area contributed by atoms with E-state index in [4.69, 9.17) is 0 Å². The van der Waals surface area contributed by atoms with Gasteiger partial charge < -0.3 is 5.32 Å². The minimum atomic E-state index is 0.0341. The first-order chi connectivity index (χ1) is 9.81. The van der Waals surface area contributed by atoms with Crippen molar-refractivity contribution in [3.05, 3.63) is 59.2 Å². The summed E-state index contributed by atoms with van der Waals surface area (Å²) in [6.07, 6.45) is 8.89. The summed E-state index contributed by atoms with van der Waals surface area (Å²) in [5, 5.41) is 2.90. The van der Waals surface area contributed by atoms with Gasteiger partial charge in [-0.05, 0) is 36.0 Å². The van der Waals surface area contributed by atoms with Gasteiger partial charge in [0.25, 0.3) is 0 Å². The van der Waals surface area contributed by atoms with E-state index in [1.807, 2.05) is 0 Å². The van der Waals surface area contributed by atoms with Gasteiger partial charge in [-0.3, -0.25) is 4.79 Å². The number of amides is 1. The van der Waals surface area contributed by atoms with Crippen LogP contribution in [0.3, 0.4) is 0 Å². The summed E-state index contributed by atoms with van der Waals surface area (Å²) < 4.78 is 0. The maximum Gasteiger partial charge on any atom is 0.224 e. The first kappa shape index (κ1) is 12.8. The largest absolute Gasteiger partial charge is 0.352 e. The second-order valence-electron chi connectivity index (χ2n) is 5.16. The third kappa shape index (κ3) is 3.02. The summed E-state index contributed by atoms with van der Waals surface area (Å²) in [6.45, 7) is 0.477. The van der Waals surface area contributed by atoms with Crippen LogP contribution in [0.2, 0.25) is 0 Å². The van der Waals surface area contributed by atoms with Gasteiger partial charge in [-0.25, -0.2) is 9.97 Å². The van der Waals surface area contributed by atoms with Crippen LogP contribution in [-0.2, 0) is 30.6 Å². The van der Waals surface area contributed by atoms with E-state index in [2.05, 4.69) is 33.5 Å². The third-order valence-corrected chi connectivity index (χ3v) is 3.63. The Hall–Kier alpha value is -2.23. The second kappa shape index (κ2) is 5.82. The van der Waals surface area contributed by atoms with Crippen LogP contribution < -0.4 is 5.32 Å². The van der Waals surface area contributed by atoms with Crippen molar-refractivity contribution < 1.29 is 4.79 Å². The van der Waals surface area contributed by atoms with Crippen LogP contribution in [0.4, 0.5) is 0 Å². The Morgan fingerprint density at radius 3 is 2.75 bits per heavy atom. The number of benzene rings is 1. The molecule has 2 aromatic rings. The highest BCUT2D eigenvalue weighted by Crippen LogP contribution is 2.22. The van der Waals surface area contributed by atoms with Gasteiger partial charge in [0.2, 0.25) is 5.91 Å². The first-order valence-corrected chi connectivity index (χ1v) is 6.92. The predicted molar refractivity (Wildman–Crippen MR) is 76.0 cm³/mol. The summed E-state index contributed by atoms with van der Waals surface area (Å²) in [6, 6.07) is 6.40.